The first kappa shape index (κ1) is 22.8. The molecule has 0 aliphatic rings. The van der Waals surface area contributed by atoms with Crippen molar-refractivity contribution in [3.8, 4) is 0 Å². The average Bonchev–Trinajstić information content (AvgIpc) is 3.22. The van der Waals surface area contributed by atoms with Crippen LogP contribution >= 0.6 is 22.7 Å². The van der Waals surface area contributed by atoms with E-state index in [0.717, 1.165) is 16.8 Å². The van der Waals surface area contributed by atoms with Gasteiger partial charge in [0.15, 0.2) is 5.82 Å². The number of aryl methyl sites for hydroxylation is 2. The Morgan fingerprint density at radius 2 is 1.97 bits per heavy atom. The molecule has 0 aliphatic heterocycles. The van der Waals surface area contributed by atoms with Crippen LogP contribution in [-0.4, -0.2) is 32.9 Å². The number of aliphatic carboxylic acids is 1. The van der Waals surface area contributed by atoms with Crippen LogP contribution in [0.4, 0.5) is 19.0 Å². The van der Waals surface area contributed by atoms with Crippen molar-refractivity contribution in [2.75, 3.05) is 5.32 Å². The second-order valence-corrected chi connectivity index (χ2v) is 8.48. The summed E-state index contributed by atoms with van der Waals surface area (Å²) in [7, 11) is 1.85. The zero-order chi connectivity index (χ0) is 21.9. The monoisotopic (exact) mass is 448 g/mol. The van der Waals surface area contributed by atoms with Crippen LogP contribution in [0.25, 0.3) is 9.40 Å². The van der Waals surface area contributed by atoms with Gasteiger partial charge in [-0.05, 0) is 30.9 Å². The molecule has 4 N–H and O–H groups in total. The maximum Gasteiger partial charge on any atom is 0.490 e. The highest BCUT2D eigenvalue weighted by Gasteiger charge is 2.38. The largest absolute Gasteiger partial charge is 0.490 e. The van der Waals surface area contributed by atoms with Gasteiger partial charge in [0.05, 0.1) is 10.4 Å². The summed E-state index contributed by atoms with van der Waals surface area (Å²) in [6.07, 6.45) is -4.73. The fourth-order valence-corrected chi connectivity index (χ4v) is 4.75. The van der Waals surface area contributed by atoms with E-state index < -0.39 is 12.1 Å². The van der Waals surface area contributed by atoms with E-state index in [0.29, 0.717) is 18.8 Å². The lowest BCUT2D eigenvalue weighted by Gasteiger charge is -2.03. The molecule has 0 atom stereocenters. The maximum absolute atomic E-state index is 12.3. The van der Waals surface area contributed by atoms with Gasteiger partial charge in [0.25, 0.3) is 0 Å². The second-order valence-electron chi connectivity index (χ2n) is 6.09. The third-order valence-corrected chi connectivity index (χ3v) is 6.21. The maximum atomic E-state index is 12.3. The number of fused-ring (bicyclic) bond motifs is 1. The van der Waals surface area contributed by atoms with Crippen molar-refractivity contribution in [1.29, 1.82) is 0 Å². The van der Waals surface area contributed by atoms with Gasteiger partial charge in [0, 0.05) is 35.1 Å². The molecule has 3 aromatic rings. The smallest absolute Gasteiger partial charge is 0.475 e. The Morgan fingerprint density at radius 1 is 1.34 bits per heavy atom. The van der Waals surface area contributed by atoms with Crippen LogP contribution in [0.5, 0.6) is 0 Å². The first-order chi connectivity index (χ1) is 13.4. The van der Waals surface area contributed by atoms with Crippen molar-refractivity contribution >= 4 is 49.8 Å². The summed E-state index contributed by atoms with van der Waals surface area (Å²) >= 11 is 3.47. The summed E-state index contributed by atoms with van der Waals surface area (Å²) in [6.45, 7) is 4.40. The Morgan fingerprint density at radius 3 is 2.52 bits per heavy atom. The molecule has 3 rings (SSSR count). The quantitative estimate of drug-likeness (QED) is 0.565. The second kappa shape index (κ2) is 8.93. The fourth-order valence-electron chi connectivity index (χ4n) is 2.48. The number of carboxylic acids is 1. The molecular formula is C17H19F3N4O3S2. The summed E-state index contributed by atoms with van der Waals surface area (Å²) in [5.74, 6) is -2.25. The first-order valence-electron chi connectivity index (χ1n) is 8.23. The highest BCUT2D eigenvalue weighted by Crippen LogP contribution is 2.34. The molecule has 12 heteroatoms. The van der Waals surface area contributed by atoms with Gasteiger partial charge in [-0.15, -0.1) is 22.7 Å². The number of nitrogens with zero attached hydrogens (tertiary/aromatic N) is 2. The normalized spacial score (nSPS) is 11.3. The third-order valence-electron chi connectivity index (χ3n) is 3.99. The minimum atomic E-state index is -5.08. The number of nitrogens with two attached hydrogens (primary N) is 1. The highest BCUT2D eigenvalue weighted by atomic mass is 32.2. The molecule has 0 bridgehead atoms. The molecule has 0 saturated carbocycles. The van der Waals surface area contributed by atoms with E-state index >= 15 is 0 Å². The topological polar surface area (TPSA) is 110 Å². The van der Waals surface area contributed by atoms with E-state index in [2.05, 4.69) is 28.8 Å². The Bertz CT molecular complexity index is 1040. The molecule has 0 saturated heterocycles. The van der Waals surface area contributed by atoms with Crippen LogP contribution in [0.2, 0.25) is 0 Å². The van der Waals surface area contributed by atoms with Gasteiger partial charge in [-0.25, -0.2) is 4.79 Å². The Hall–Kier alpha value is -2.44. The van der Waals surface area contributed by atoms with Crippen molar-refractivity contribution in [1.82, 2.24) is 9.78 Å². The lowest BCUT2D eigenvalue weighted by atomic mass is 10.1. The molecule has 0 aromatic carbocycles. The van der Waals surface area contributed by atoms with Crippen molar-refractivity contribution in [2.24, 2.45) is 12.8 Å². The van der Waals surface area contributed by atoms with Crippen LogP contribution in [-0.2, 0) is 29.6 Å². The average molecular weight is 448 g/mol. The summed E-state index contributed by atoms with van der Waals surface area (Å²) < 4.78 is 34.7. The van der Waals surface area contributed by atoms with E-state index in [1.807, 2.05) is 14.0 Å². The van der Waals surface area contributed by atoms with Gasteiger partial charge < -0.3 is 16.2 Å². The zero-order valence-corrected chi connectivity index (χ0v) is 17.4. The van der Waals surface area contributed by atoms with Gasteiger partial charge in [-0.2, -0.15) is 18.3 Å². The summed E-state index contributed by atoms with van der Waals surface area (Å²) in [6, 6.07) is 2.15. The molecule has 7 nitrogen and oxygen atoms in total. The van der Waals surface area contributed by atoms with Crippen LogP contribution in [0, 0.1) is 13.8 Å². The lowest BCUT2D eigenvalue weighted by Crippen LogP contribution is -2.21. The standard InChI is InChI=1S/C15H18N4OS2.C2HF3O2/c1-8-4-11-10(7-21-15(11)22-8)5-13(20)17-14-12(6-16)9(2)19(3)18-14;3-2(4,5)1(6)7/h4,7H,5-6,16H2,1-3H3,(H,17,18,20);(H,6,7). The van der Waals surface area contributed by atoms with Gasteiger partial charge in [-0.1, -0.05) is 0 Å². The Labute approximate surface area is 171 Å². The van der Waals surface area contributed by atoms with E-state index in [9.17, 15) is 18.0 Å². The molecule has 3 aromatic heterocycles. The Kier molecular flexibility index (Phi) is 7.03. The SMILES string of the molecule is Cc1cc2c(CC(=O)Nc3nn(C)c(C)c3CN)csc2s1.O=C(O)C(F)(F)F. The predicted octanol–water partition coefficient (Wildman–Crippen LogP) is 3.59. The summed E-state index contributed by atoms with van der Waals surface area (Å²) in [5.41, 5.74) is 8.69. The number of hydrogen-bond acceptors (Lipinski definition) is 6. The number of nitrogens with one attached hydrogen (secondary N) is 1. The number of rotatable bonds is 4. The van der Waals surface area contributed by atoms with Crippen molar-refractivity contribution < 1.29 is 27.9 Å². The number of carbonyl (C=O) groups excluding carboxylic acids is 1. The minimum absolute atomic E-state index is 0.0589. The summed E-state index contributed by atoms with van der Waals surface area (Å²) in [5, 5.41) is 17.6. The number of aromatic nitrogens is 2. The van der Waals surface area contributed by atoms with E-state index in [1.54, 1.807) is 27.4 Å². The lowest BCUT2D eigenvalue weighted by molar-refractivity contribution is -0.192. The number of carbonyl (C=O) groups is 2. The molecular weight excluding hydrogens is 429 g/mol. The molecule has 29 heavy (non-hydrogen) atoms. The van der Waals surface area contributed by atoms with Crippen LogP contribution < -0.4 is 11.1 Å². The highest BCUT2D eigenvalue weighted by molar-refractivity contribution is 7.37. The number of hydrogen-bond donors (Lipinski definition) is 3. The number of alkyl halides is 3. The van der Waals surface area contributed by atoms with Crippen LogP contribution in [0.1, 0.15) is 21.7 Å². The molecule has 0 spiro atoms. The minimum Gasteiger partial charge on any atom is -0.475 e. The van der Waals surface area contributed by atoms with Crippen molar-refractivity contribution in [2.45, 2.75) is 33.0 Å². The number of halogens is 3. The van der Waals surface area contributed by atoms with E-state index in [1.165, 1.54) is 14.3 Å². The molecule has 158 valence electrons. The molecule has 3 heterocycles. The third kappa shape index (κ3) is 5.55. The van der Waals surface area contributed by atoms with Crippen molar-refractivity contribution in [3.63, 3.8) is 0 Å². The van der Waals surface area contributed by atoms with Crippen LogP contribution in [0.3, 0.4) is 0 Å². The number of amides is 1. The van der Waals surface area contributed by atoms with Gasteiger partial charge in [-0.3, -0.25) is 9.48 Å². The van der Waals surface area contributed by atoms with Gasteiger partial charge in [0.2, 0.25) is 5.91 Å². The molecule has 0 fully saturated rings. The number of anilines is 1. The van der Waals surface area contributed by atoms with Gasteiger partial charge >= 0.3 is 12.1 Å². The Balaban J connectivity index is 0.000000370. The van der Waals surface area contributed by atoms with E-state index in [4.69, 9.17) is 15.6 Å². The van der Waals surface area contributed by atoms with Gasteiger partial charge in [0.1, 0.15) is 0 Å². The zero-order valence-electron chi connectivity index (χ0n) is 15.8. The number of thiophene rings is 2. The van der Waals surface area contributed by atoms with Crippen molar-refractivity contribution in [3.05, 3.63) is 33.1 Å². The molecule has 0 unspecified atom stereocenters. The first-order valence-corrected chi connectivity index (χ1v) is 9.92. The predicted molar refractivity (Wildman–Crippen MR) is 106 cm³/mol. The fraction of sp³-hybridized carbons (Fsp3) is 0.353. The number of carboxylic acid groups (broad SMARTS) is 1. The van der Waals surface area contributed by atoms with Crippen LogP contribution in [0.15, 0.2) is 11.4 Å². The molecule has 1 amide bonds. The molecule has 0 aliphatic carbocycles. The van der Waals surface area contributed by atoms with E-state index in [-0.39, 0.29) is 5.91 Å². The summed E-state index contributed by atoms with van der Waals surface area (Å²) in [4.78, 5) is 22.5. The molecule has 0 radical (unpaired) electrons.